The number of ether oxygens (including phenoxy) is 7. The van der Waals surface area contributed by atoms with Crippen molar-refractivity contribution >= 4 is 43.6 Å². The van der Waals surface area contributed by atoms with E-state index in [4.69, 9.17) is 62.7 Å². The van der Waals surface area contributed by atoms with Crippen LogP contribution in [0.25, 0.3) is 0 Å². The molecule has 2 aromatic heterocycles. The van der Waals surface area contributed by atoms with Crippen molar-refractivity contribution in [2.45, 2.75) is 74.5 Å². The highest BCUT2D eigenvalue weighted by Gasteiger charge is 2.55. The first kappa shape index (κ1) is 54.4. The quantitative estimate of drug-likeness (QED) is 0.0367. The van der Waals surface area contributed by atoms with Crippen molar-refractivity contribution in [1.29, 1.82) is 0 Å². The third-order valence-corrected chi connectivity index (χ3v) is 15.9. The number of carbonyl (C=O) groups excluding carboxylic acids is 1. The minimum absolute atomic E-state index is 0.0621. The number of nitrogens with one attached hydrogen (secondary N) is 2. The molecule has 398 valence electrons. The van der Waals surface area contributed by atoms with Crippen molar-refractivity contribution in [2.75, 3.05) is 71.3 Å². The molecule has 0 bridgehead atoms. The molecule has 3 unspecified atom stereocenters. The number of fused-ring (bicyclic) bond motifs is 3. The average molecular weight is 1090 g/mol. The number of aliphatic imine (C=N–C) groups is 1. The Balaban J connectivity index is 0.915. The van der Waals surface area contributed by atoms with E-state index in [1.54, 1.807) is 31.2 Å². The van der Waals surface area contributed by atoms with E-state index < -0.39 is 100 Å². The maximum Gasteiger partial charge on any atom is 0.472 e. The minimum atomic E-state index is -5.25. The number of anilines is 1. The van der Waals surface area contributed by atoms with Crippen molar-refractivity contribution in [3.8, 4) is 11.5 Å². The first-order chi connectivity index (χ1) is 35.1. The van der Waals surface area contributed by atoms with Gasteiger partial charge < -0.3 is 54.8 Å². The van der Waals surface area contributed by atoms with E-state index in [0.29, 0.717) is 73.4 Å². The number of nitrogens with two attached hydrogens (primary N) is 2. The van der Waals surface area contributed by atoms with E-state index >= 15 is 8.78 Å². The third kappa shape index (κ3) is 13.9. The number of esters is 1. The molecule has 73 heavy (non-hydrogen) atoms. The van der Waals surface area contributed by atoms with Crippen LogP contribution < -0.4 is 37.5 Å². The van der Waals surface area contributed by atoms with Crippen molar-refractivity contribution in [3.63, 3.8) is 0 Å². The molecule has 3 saturated heterocycles. The van der Waals surface area contributed by atoms with Crippen LogP contribution in [0.15, 0.2) is 81.7 Å². The monoisotopic (exact) mass is 1090 g/mol. The summed E-state index contributed by atoms with van der Waals surface area (Å²) < 4.78 is 125. The van der Waals surface area contributed by atoms with Gasteiger partial charge in [0.1, 0.15) is 60.2 Å². The predicted octanol–water partition coefficient (Wildman–Crippen LogP) is 3.34. The third-order valence-electron chi connectivity index (χ3n) is 11.3. The number of benzene rings is 2. The van der Waals surface area contributed by atoms with Crippen molar-refractivity contribution < 1.29 is 78.9 Å². The fourth-order valence-corrected chi connectivity index (χ4v) is 12.1. The van der Waals surface area contributed by atoms with Crippen molar-refractivity contribution in [1.82, 2.24) is 19.1 Å². The molecule has 3 fully saturated rings. The number of phosphoric acid groups is 1. The second kappa shape index (κ2) is 24.6. The fourth-order valence-electron chi connectivity index (χ4n) is 7.74. The molecular formula is C43H54F2N8O17P2S. The fraction of sp³-hybridized carbons (Fsp3) is 0.512. The minimum Gasteiger partial charge on any atom is -0.491 e. The Kier molecular flexibility index (Phi) is 18.3. The SMILES string of the molecule is CC1N=C(N)c2ncn([C@@H]3O[C@@H]4COP(=O)(SCc5ccc(OC(=O)c6ccc(OCCOCCOCCOCCCN)cc6)cc5)O[C@H]5[C@@H](F)[C@H](n6ccc(=O)[nH]c6=O)O[C@@H]5COP(=O)(O)O[C@H]4[C@H]3F)c2N1. The summed E-state index contributed by atoms with van der Waals surface area (Å²) in [5.74, 6) is 0.166. The zero-order valence-electron chi connectivity index (χ0n) is 39.0. The Bertz CT molecular complexity index is 2760. The number of rotatable bonds is 20. The smallest absolute Gasteiger partial charge is 0.472 e. The summed E-state index contributed by atoms with van der Waals surface area (Å²) in [5.41, 5.74) is 10.5. The lowest BCUT2D eigenvalue weighted by atomic mass is 10.1. The van der Waals surface area contributed by atoms with Crippen LogP contribution in [0, 0.1) is 0 Å². The van der Waals surface area contributed by atoms with Gasteiger partial charge in [0, 0.05) is 24.6 Å². The number of amidine groups is 1. The number of halogens is 2. The molecule has 2 aromatic carbocycles. The largest absolute Gasteiger partial charge is 0.491 e. The summed E-state index contributed by atoms with van der Waals surface area (Å²) in [5, 5.41) is 3.02. The lowest BCUT2D eigenvalue weighted by molar-refractivity contribution is -0.0621. The normalized spacial score (nSPS) is 29.2. The van der Waals surface area contributed by atoms with Gasteiger partial charge in [0.15, 0.2) is 30.6 Å². The Hall–Kier alpha value is -4.90. The highest BCUT2D eigenvalue weighted by atomic mass is 32.7. The van der Waals surface area contributed by atoms with Gasteiger partial charge in [-0.3, -0.25) is 37.0 Å². The van der Waals surface area contributed by atoms with E-state index in [2.05, 4.69) is 15.3 Å². The number of carbonyl (C=O) groups is 1. The molecule has 4 aliphatic rings. The number of aromatic amines is 1. The van der Waals surface area contributed by atoms with E-state index in [1.165, 1.54) is 35.2 Å². The molecular weight excluding hydrogens is 1030 g/mol. The maximum atomic E-state index is 16.6. The van der Waals surface area contributed by atoms with E-state index in [1.807, 2.05) is 4.98 Å². The summed E-state index contributed by atoms with van der Waals surface area (Å²) in [4.78, 5) is 58.8. The first-order valence-corrected chi connectivity index (χ1v) is 27.5. The van der Waals surface area contributed by atoms with E-state index in [0.717, 1.165) is 18.7 Å². The van der Waals surface area contributed by atoms with E-state index in [-0.39, 0.29) is 41.0 Å². The topological polar surface area (TPSA) is 322 Å². The van der Waals surface area contributed by atoms with Gasteiger partial charge >= 0.3 is 26.3 Å². The van der Waals surface area contributed by atoms with Crippen LogP contribution in [-0.2, 0) is 56.7 Å². The van der Waals surface area contributed by atoms with Gasteiger partial charge in [-0.15, -0.1) is 0 Å². The molecule has 0 aliphatic carbocycles. The van der Waals surface area contributed by atoms with Crippen molar-refractivity contribution in [3.05, 3.63) is 105 Å². The summed E-state index contributed by atoms with van der Waals surface area (Å²) in [6.07, 6.45) is -12.6. The standard InChI is InChI=1S/C43H54F2N8O17P2S/c1-25-49-38(47)35-39(50-25)53(24-48-35)41-33(44)36-31(68-41)22-65-72(59,70-37-30(21-64-71(57,58)69-36)67-40(34(37)45)52-13-11-32(54)51-43(52)56)73-23-26-3-7-29(8-4-26)66-42(55)27-5-9-28(10-6-27)63-20-19-62-18-17-61-16-15-60-14-2-12-46/h3-11,13,24-25,30-31,33-34,36-37,40-41,50H,2,12,14-23,46H2,1H3,(H2,47,49)(H,57,58)(H,51,54,56)/t25?,30-,31-,33-,34-,36-,37-,40-,41-,72?/m1/s1. The van der Waals surface area contributed by atoms with Gasteiger partial charge in [-0.05, 0) is 73.2 Å². The molecule has 11 atom stereocenters. The lowest BCUT2D eigenvalue weighted by Crippen LogP contribution is -2.38. The highest BCUT2D eigenvalue weighted by molar-refractivity contribution is 8.54. The van der Waals surface area contributed by atoms with Gasteiger partial charge in [-0.1, -0.05) is 12.1 Å². The van der Waals surface area contributed by atoms with Crippen LogP contribution in [0.1, 0.15) is 47.4 Å². The molecule has 25 nitrogen and oxygen atoms in total. The summed E-state index contributed by atoms with van der Waals surface area (Å²) >= 11 is 0.587. The Morgan fingerprint density at radius 2 is 1.47 bits per heavy atom. The highest BCUT2D eigenvalue weighted by Crippen LogP contribution is 2.65. The van der Waals surface area contributed by atoms with Crippen molar-refractivity contribution in [2.24, 2.45) is 16.5 Å². The zero-order valence-corrected chi connectivity index (χ0v) is 41.6. The Morgan fingerprint density at radius 1 is 0.849 bits per heavy atom. The first-order valence-electron chi connectivity index (χ1n) is 22.9. The zero-order chi connectivity index (χ0) is 51.7. The number of H-pyrrole nitrogens is 1. The number of phosphoric ester groups is 1. The summed E-state index contributed by atoms with van der Waals surface area (Å²) in [7, 11) is -5.25. The number of aromatic nitrogens is 4. The molecule has 0 radical (unpaired) electrons. The Labute approximate surface area is 418 Å². The van der Waals surface area contributed by atoms with Gasteiger partial charge in [-0.2, -0.15) is 0 Å². The second-order valence-electron chi connectivity index (χ2n) is 16.5. The molecule has 6 heterocycles. The molecule has 0 amide bonds. The average Bonchev–Trinajstić information content (AvgIpc) is 4.02. The summed E-state index contributed by atoms with van der Waals surface area (Å²) in [6.45, 7) is -1.24. The summed E-state index contributed by atoms with van der Waals surface area (Å²) in [6, 6.07) is 13.3. The number of alkyl halides is 2. The maximum absolute atomic E-state index is 16.6. The van der Waals surface area contributed by atoms with Crippen LogP contribution in [0.3, 0.4) is 0 Å². The molecule has 0 saturated carbocycles. The molecule has 7 N–H and O–H groups in total. The van der Waals surface area contributed by atoms with Crippen LogP contribution in [-0.4, -0.2) is 145 Å². The number of nitrogens with zero attached hydrogens (tertiary/aromatic N) is 4. The van der Waals surface area contributed by atoms with Crippen LogP contribution in [0.5, 0.6) is 11.5 Å². The van der Waals surface area contributed by atoms with Gasteiger partial charge in [0.25, 0.3) is 5.56 Å². The molecule has 4 aliphatic heterocycles. The number of imidazole rings is 1. The van der Waals surface area contributed by atoms with E-state index in [9.17, 15) is 28.4 Å². The molecule has 4 aromatic rings. The molecule has 8 rings (SSSR count). The lowest BCUT2D eigenvalue weighted by Gasteiger charge is -2.29. The molecule has 30 heteroatoms. The van der Waals surface area contributed by atoms with Crippen LogP contribution in [0.2, 0.25) is 0 Å². The predicted molar refractivity (Wildman–Crippen MR) is 255 cm³/mol. The number of hydrogen-bond donors (Lipinski definition) is 5. The van der Waals surface area contributed by atoms with Crippen LogP contribution >= 0.6 is 26.0 Å². The van der Waals surface area contributed by atoms with Gasteiger partial charge in [0.2, 0.25) is 0 Å². The van der Waals surface area contributed by atoms with Gasteiger partial charge in [-0.25, -0.2) is 37.5 Å². The number of hydrogen-bond acceptors (Lipinski definition) is 22. The second-order valence-corrected chi connectivity index (χ2v) is 22.0. The Morgan fingerprint density at radius 3 is 2.14 bits per heavy atom. The van der Waals surface area contributed by atoms with Gasteiger partial charge in [0.05, 0.1) is 58.1 Å². The van der Waals surface area contributed by atoms with Crippen LogP contribution in [0.4, 0.5) is 14.6 Å². The molecule has 0 spiro atoms.